The number of rotatable bonds is 9. The normalized spacial score (nSPS) is 14.6. The van der Waals surface area contributed by atoms with Crippen molar-refractivity contribution in [3.8, 4) is 0 Å². The number of non-ortho nitro benzene ring substituents is 1. The van der Waals surface area contributed by atoms with Gasteiger partial charge < -0.3 is 10.1 Å². The van der Waals surface area contributed by atoms with Gasteiger partial charge in [0.2, 0.25) is 0 Å². The maximum Gasteiger partial charge on any atom is 0.308 e. The number of hydrogen-bond acceptors (Lipinski definition) is 8. The number of esters is 1. The summed E-state index contributed by atoms with van der Waals surface area (Å²) in [6.45, 7) is -0.542. The first kappa shape index (κ1) is 24.8. The van der Waals surface area contributed by atoms with E-state index in [-0.39, 0.29) is 30.2 Å². The van der Waals surface area contributed by atoms with Crippen LogP contribution in [0.5, 0.6) is 0 Å². The number of hydrogen-bond donors (Lipinski definition) is 1. The van der Waals surface area contributed by atoms with Crippen LogP contribution in [0.3, 0.4) is 0 Å². The number of thioether (sulfide) groups is 1. The minimum absolute atomic E-state index is 0.0236. The Labute approximate surface area is 204 Å². The van der Waals surface area contributed by atoms with Crippen molar-refractivity contribution in [3.63, 3.8) is 0 Å². The van der Waals surface area contributed by atoms with Gasteiger partial charge in [-0.05, 0) is 17.7 Å². The van der Waals surface area contributed by atoms with Gasteiger partial charge in [-0.1, -0.05) is 72.5 Å². The average Bonchev–Trinajstić information content (AvgIpc) is 3.09. The fourth-order valence-corrected chi connectivity index (χ4v) is 4.09. The van der Waals surface area contributed by atoms with Gasteiger partial charge in [0.25, 0.3) is 17.5 Å². The van der Waals surface area contributed by atoms with Crippen LogP contribution >= 0.6 is 24.0 Å². The number of carbonyl (C=O) groups excluding carboxylic acids is 3. The Bertz CT molecular complexity index is 1180. The Hall–Kier alpha value is -3.83. The monoisotopic (exact) mass is 497 g/mol. The van der Waals surface area contributed by atoms with Crippen molar-refractivity contribution in [1.82, 2.24) is 4.90 Å². The lowest BCUT2D eigenvalue weighted by molar-refractivity contribution is -0.384. The number of nitrogens with one attached hydrogen (secondary N) is 1. The van der Waals surface area contributed by atoms with E-state index < -0.39 is 23.4 Å². The van der Waals surface area contributed by atoms with Gasteiger partial charge in [0.05, 0.1) is 16.2 Å². The molecular formula is C23H19N3O6S2. The summed E-state index contributed by atoms with van der Waals surface area (Å²) in [5, 5.41) is 13.2. The summed E-state index contributed by atoms with van der Waals surface area (Å²) in [4.78, 5) is 48.5. The van der Waals surface area contributed by atoms with Gasteiger partial charge in [0.1, 0.15) is 4.32 Å². The van der Waals surface area contributed by atoms with Crippen molar-refractivity contribution >= 4 is 63.5 Å². The lowest BCUT2D eigenvalue weighted by Crippen LogP contribution is -2.31. The molecule has 1 fully saturated rings. The Balaban J connectivity index is 1.44. The standard InChI is InChI=1S/C23H19N3O6S2/c27-20(24-17-9-5-10-18(14-17)26(30)31)15-32-21(28)12-13-25-22(29)19(34-23(25)33)11-4-8-16-6-2-1-3-7-16/h1-11,14H,12-13,15H2,(H,24,27)/b8-4+,19-11-. The Kier molecular flexibility index (Phi) is 8.66. The number of nitro groups is 1. The van der Waals surface area contributed by atoms with E-state index in [4.69, 9.17) is 17.0 Å². The second-order valence-electron chi connectivity index (χ2n) is 6.89. The van der Waals surface area contributed by atoms with E-state index in [9.17, 15) is 24.5 Å². The SMILES string of the molecule is O=C(COC(=O)CCN1C(=O)/C(=C/C=C/c2ccccc2)SC1=S)Nc1cccc([N+](=O)[O-])c1. The number of anilines is 1. The van der Waals surface area contributed by atoms with Crippen LogP contribution in [0, 0.1) is 10.1 Å². The molecule has 1 N–H and O–H groups in total. The van der Waals surface area contributed by atoms with E-state index in [0.717, 1.165) is 17.3 Å². The molecule has 2 amide bonds. The molecule has 2 aromatic rings. The van der Waals surface area contributed by atoms with Gasteiger partial charge >= 0.3 is 5.97 Å². The summed E-state index contributed by atoms with van der Waals surface area (Å²) < 4.78 is 5.26. The van der Waals surface area contributed by atoms with E-state index in [1.165, 1.54) is 29.2 Å². The molecule has 1 aliphatic rings. The van der Waals surface area contributed by atoms with Gasteiger partial charge in [-0.3, -0.25) is 29.4 Å². The molecule has 1 heterocycles. The molecule has 0 radical (unpaired) electrons. The average molecular weight is 498 g/mol. The maximum absolute atomic E-state index is 12.6. The van der Waals surface area contributed by atoms with Crippen molar-refractivity contribution in [2.75, 3.05) is 18.5 Å². The fraction of sp³-hybridized carbons (Fsp3) is 0.130. The largest absolute Gasteiger partial charge is 0.456 e. The smallest absolute Gasteiger partial charge is 0.308 e. The number of carbonyl (C=O) groups is 3. The summed E-state index contributed by atoms with van der Waals surface area (Å²) in [6.07, 6.45) is 5.14. The summed E-state index contributed by atoms with van der Waals surface area (Å²) in [7, 11) is 0. The van der Waals surface area contributed by atoms with E-state index in [2.05, 4.69) is 5.32 Å². The molecule has 0 spiro atoms. The third-order valence-electron chi connectivity index (χ3n) is 4.45. The predicted octanol–water partition coefficient (Wildman–Crippen LogP) is 3.92. The van der Waals surface area contributed by atoms with Gasteiger partial charge in [-0.2, -0.15) is 0 Å². The highest BCUT2D eigenvalue weighted by Gasteiger charge is 2.31. The number of nitro benzene ring substituents is 1. The summed E-state index contributed by atoms with van der Waals surface area (Å²) >= 11 is 6.38. The molecule has 0 aliphatic carbocycles. The molecular weight excluding hydrogens is 478 g/mol. The van der Waals surface area contributed by atoms with E-state index in [0.29, 0.717) is 9.23 Å². The van der Waals surface area contributed by atoms with Crippen molar-refractivity contribution in [2.24, 2.45) is 0 Å². The highest BCUT2D eigenvalue weighted by molar-refractivity contribution is 8.26. The molecule has 1 saturated heterocycles. The Morgan fingerprint density at radius 3 is 2.68 bits per heavy atom. The first-order valence-electron chi connectivity index (χ1n) is 10.0. The topological polar surface area (TPSA) is 119 Å². The molecule has 9 nitrogen and oxygen atoms in total. The van der Waals surface area contributed by atoms with Crippen LogP contribution in [0.1, 0.15) is 12.0 Å². The molecule has 0 atom stereocenters. The number of benzene rings is 2. The quantitative estimate of drug-likeness (QED) is 0.182. The van der Waals surface area contributed by atoms with Crippen LogP contribution in [-0.4, -0.2) is 45.1 Å². The highest BCUT2D eigenvalue weighted by atomic mass is 32.2. The van der Waals surface area contributed by atoms with E-state index >= 15 is 0 Å². The van der Waals surface area contributed by atoms with Crippen molar-refractivity contribution in [1.29, 1.82) is 0 Å². The van der Waals surface area contributed by atoms with Gasteiger partial charge in [0.15, 0.2) is 6.61 Å². The molecule has 1 aliphatic heterocycles. The summed E-state index contributed by atoms with van der Waals surface area (Å²) in [5.74, 6) is -1.63. The summed E-state index contributed by atoms with van der Waals surface area (Å²) in [6, 6.07) is 15.0. The number of nitrogens with zero attached hydrogens (tertiary/aromatic N) is 2. The lowest BCUT2D eigenvalue weighted by Gasteiger charge is -2.13. The van der Waals surface area contributed by atoms with Crippen LogP contribution < -0.4 is 5.32 Å². The third-order valence-corrected chi connectivity index (χ3v) is 5.85. The highest BCUT2D eigenvalue weighted by Crippen LogP contribution is 2.31. The molecule has 0 unspecified atom stereocenters. The van der Waals surface area contributed by atoms with Crippen molar-refractivity contribution in [3.05, 3.63) is 87.3 Å². The zero-order valence-corrected chi connectivity index (χ0v) is 19.3. The first-order chi connectivity index (χ1) is 16.3. The van der Waals surface area contributed by atoms with Gasteiger partial charge in [-0.25, -0.2) is 0 Å². The number of allylic oxidation sites excluding steroid dienone is 2. The molecule has 3 rings (SSSR count). The molecule has 0 saturated carbocycles. The van der Waals surface area contributed by atoms with E-state index in [1.807, 2.05) is 36.4 Å². The zero-order chi connectivity index (χ0) is 24.5. The van der Waals surface area contributed by atoms with Gasteiger partial charge in [0, 0.05) is 24.4 Å². The Morgan fingerprint density at radius 1 is 1.18 bits per heavy atom. The van der Waals surface area contributed by atoms with Crippen LogP contribution in [-0.2, 0) is 19.1 Å². The van der Waals surface area contributed by atoms with Crippen LogP contribution in [0.15, 0.2) is 71.7 Å². The second kappa shape index (κ2) is 11.9. The molecule has 11 heteroatoms. The third kappa shape index (κ3) is 7.09. The second-order valence-corrected chi connectivity index (χ2v) is 8.57. The minimum Gasteiger partial charge on any atom is -0.456 e. The first-order valence-corrected chi connectivity index (χ1v) is 11.2. The van der Waals surface area contributed by atoms with E-state index in [1.54, 1.807) is 12.2 Å². The lowest BCUT2D eigenvalue weighted by atomic mass is 10.2. The molecule has 34 heavy (non-hydrogen) atoms. The van der Waals surface area contributed by atoms with Gasteiger partial charge in [-0.15, -0.1) is 0 Å². The molecule has 2 aromatic carbocycles. The molecule has 0 aromatic heterocycles. The summed E-state index contributed by atoms with van der Waals surface area (Å²) in [5.41, 5.74) is 1.02. The zero-order valence-electron chi connectivity index (χ0n) is 17.7. The van der Waals surface area contributed by atoms with Crippen LogP contribution in [0.4, 0.5) is 11.4 Å². The number of ether oxygens (including phenoxy) is 1. The van der Waals surface area contributed by atoms with Crippen LogP contribution in [0.2, 0.25) is 0 Å². The maximum atomic E-state index is 12.6. The predicted molar refractivity (Wildman–Crippen MR) is 133 cm³/mol. The van der Waals surface area contributed by atoms with Crippen molar-refractivity contribution in [2.45, 2.75) is 6.42 Å². The fourth-order valence-electron chi connectivity index (χ4n) is 2.83. The van der Waals surface area contributed by atoms with Crippen LogP contribution in [0.25, 0.3) is 6.08 Å². The minimum atomic E-state index is -0.684. The Morgan fingerprint density at radius 2 is 1.94 bits per heavy atom. The molecule has 174 valence electrons. The number of amides is 2. The van der Waals surface area contributed by atoms with Crippen molar-refractivity contribution < 1.29 is 24.0 Å². The molecule has 0 bridgehead atoms. The number of thiocarbonyl (C=S) groups is 1.